The average molecular weight is 249 g/mol. The molecule has 2 rings (SSSR count). The van der Waals surface area contributed by atoms with Gasteiger partial charge in [-0.3, -0.25) is 4.79 Å². The van der Waals surface area contributed by atoms with Crippen LogP contribution < -0.4 is 5.32 Å². The van der Waals surface area contributed by atoms with Crippen molar-refractivity contribution in [3.05, 3.63) is 29.3 Å². The maximum atomic E-state index is 12.1. The third-order valence-electron chi connectivity index (χ3n) is 3.58. The fraction of sp³-hybridized carbons (Fsp3) is 0.500. The molecule has 1 saturated heterocycles. The topological polar surface area (TPSA) is 58.6 Å². The summed E-state index contributed by atoms with van der Waals surface area (Å²) in [6.45, 7) is 5.22. The molecule has 1 aliphatic rings. The van der Waals surface area contributed by atoms with Gasteiger partial charge in [0.25, 0.3) is 5.91 Å². The van der Waals surface area contributed by atoms with E-state index in [2.05, 4.69) is 5.32 Å². The third-order valence-corrected chi connectivity index (χ3v) is 3.58. The molecule has 1 fully saturated rings. The molecule has 2 unspecified atom stereocenters. The van der Waals surface area contributed by atoms with Crippen LogP contribution in [0.15, 0.2) is 18.2 Å². The molecular formula is C14H19NO3. The first-order chi connectivity index (χ1) is 8.59. The van der Waals surface area contributed by atoms with Gasteiger partial charge in [-0.15, -0.1) is 0 Å². The number of ether oxygens (including phenoxy) is 1. The number of rotatable bonds is 3. The minimum atomic E-state index is -0.136. The number of aromatic hydroxyl groups is 1. The maximum absolute atomic E-state index is 12.1. The van der Waals surface area contributed by atoms with Gasteiger partial charge < -0.3 is 15.2 Å². The minimum Gasteiger partial charge on any atom is -0.508 e. The van der Waals surface area contributed by atoms with E-state index in [4.69, 9.17) is 4.74 Å². The number of carbonyl (C=O) groups excluding carboxylic acids is 1. The van der Waals surface area contributed by atoms with Crippen molar-refractivity contribution in [2.24, 2.45) is 5.92 Å². The van der Waals surface area contributed by atoms with Gasteiger partial charge in [0, 0.05) is 29.7 Å². The summed E-state index contributed by atoms with van der Waals surface area (Å²) in [5, 5.41) is 12.6. The van der Waals surface area contributed by atoms with Gasteiger partial charge in [0.2, 0.25) is 0 Å². The maximum Gasteiger partial charge on any atom is 0.251 e. The van der Waals surface area contributed by atoms with Gasteiger partial charge in [-0.1, -0.05) is 6.07 Å². The predicted molar refractivity (Wildman–Crippen MR) is 68.7 cm³/mol. The van der Waals surface area contributed by atoms with Crippen molar-refractivity contribution >= 4 is 5.91 Å². The van der Waals surface area contributed by atoms with Crippen LogP contribution in [0.3, 0.4) is 0 Å². The lowest BCUT2D eigenvalue weighted by molar-refractivity contribution is 0.0921. The number of hydrogen-bond donors (Lipinski definition) is 2. The lowest BCUT2D eigenvalue weighted by Gasteiger charge is -2.19. The van der Waals surface area contributed by atoms with E-state index in [0.717, 1.165) is 13.0 Å². The molecule has 4 nitrogen and oxygen atoms in total. The lowest BCUT2D eigenvalue weighted by atomic mass is 9.99. The third kappa shape index (κ3) is 2.64. The first kappa shape index (κ1) is 12.9. The highest BCUT2D eigenvalue weighted by Crippen LogP contribution is 2.21. The number of hydrogen-bond acceptors (Lipinski definition) is 3. The molecule has 2 atom stereocenters. The Morgan fingerprint density at radius 1 is 1.56 bits per heavy atom. The van der Waals surface area contributed by atoms with Crippen molar-refractivity contribution in [1.29, 1.82) is 0 Å². The largest absolute Gasteiger partial charge is 0.508 e. The second-order valence-corrected chi connectivity index (χ2v) is 4.84. The van der Waals surface area contributed by atoms with E-state index in [-0.39, 0.29) is 17.7 Å². The zero-order valence-electron chi connectivity index (χ0n) is 10.8. The Bertz CT molecular complexity index is 439. The van der Waals surface area contributed by atoms with Gasteiger partial charge in [0.05, 0.1) is 6.61 Å². The van der Waals surface area contributed by atoms with Crippen LogP contribution in [0.4, 0.5) is 0 Å². The summed E-state index contributed by atoms with van der Waals surface area (Å²) in [5.74, 6) is 0.397. The highest BCUT2D eigenvalue weighted by Gasteiger charge is 2.24. The van der Waals surface area contributed by atoms with E-state index < -0.39 is 0 Å². The molecule has 18 heavy (non-hydrogen) atoms. The molecule has 1 aliphatic heterocycles. The van der Waals surface area contributed by atoms with Crippen LogP contribution in [0.5, 0.6) is 5.75 Å². The highest BCUT2D eigenvalue weighted by atomic mass is 16.5. The number of phenolic OH excluding ortho intramolecular Hbond substituents is 1. The molecule has 1 heterocycles. The van der Waals surface area contributed by atoms with Gasteiger partial charge in [-0.25, -0.2) is 0 Å². The Labute approximate surface area is 107 Å². The summed E-state index contributed by atoms with van der Waals surface area (Å²) in [6, 6.07) is 5.07. The van der Waals surface area contributed by atoms with Crippen molar-refractivity contribution in [3.63, 3.8) is 0 Å². The van der Waals surface area contributed by atoms with E-state index in [1.807, 2.05) is 6.92 Å². The van der Waals surface area contributed by atoms with E-state index in [1.165, 1.54) is 0 Å². The second kappa shape index (κ2) is 5.40. The monoisotopic (exact) mass is 249 g/mol. The minimum absolute atomic E-state index is 0.0850. The lowest BCUT2D eigenvalue weighted by Crippen LogP contribution is -2.38. The van der Waals surface area contributed by atoms with Crippen molar-refractivity contribution in [3.8, 4) is 5.75 Å². The Morgan fingerprint density at radius 3 is 3.00 bits per heavy atom. The van der Waals surface area contributed by atoms with Gasteiger partial charge in [0.1, 0.15) is 5.75 Å². The molecule has 0 radical (unpaired) electrons. The van der Waals surface area contributed by atoms with Crippen LogP contribution in [0.2, 0.25) is 0 Å². The normalized spacial score (nSPS) is 20.7. The highest BCUT2D eigenvalue weighted by molar-refractivity contribution is 5.96. The van der Waals surface area contributed by atoms with E-state index >= 15 is 0 Å². The van der Waals surface area contributed by atoms with Crippen LogP contribution in [0.1, 0.15) is 29.3 Å². The number of phenols is 1. The zero-order chi connectivity index (χ0) is 13.1. The smallest absolute Gasteiger partial charge is 0.251 e. The summed E-state index contributed by atoms with van der Waals surface area (Å²) in [5.41, 5.74) is 1.14. The second-order valence-electron chi connectivity index (χ2n) is 4.84. The molecule has 2 N–H and O–H groups in total. The fourth-order valence-electron chi connectivity index (χ4n) is 2.22. The van der Waals surface area contributed by atoms with Crippen LogP contribution >= 0.6 is 0 Å². The van der Waals surface area contributed by atoms with Crippen LogP contribution in [0, 0.1) is 12.8 Å². The Balaban J connectivity index is 2.05. The Kier molecular flexibility index (Phi) is 3.87. The van der Waals surface area contributed by atoms with E-state index in [0.29, 0.717) is 23.7 Å². The summed E-state index contributed by atoms with van der Waals surface area (Å²) in [7, 11) is 0. The van der Waals surface area contributed by atoms with Crippen molar-refractivity contribution in [2.45, 2.75) is 26.3 Å². The summed E-state index contributed by atoms with van der Waals surface area (Å²) < 4.78 is 5.32. The summed E-state index contributed by atoms with van der Waals surface area (Å²) in [4.78, 5) is 12.1. The van der Waals surface area contributed by atoms with Crippen molar-refractivity contribution in [2.75, 3.05) is 13.2 Å². The molecule has 0 aliphatic carbocycles. The molecule has 0 spiro atoms. The first-order valence-corrected chi connectivity index (χ1v) is 6.26. The van der Waals surface area contributed by atoms with E-state index in [1.54, 1.807) is 25.1 Å². The molecular weight excluding hydrogens is 230 g/mol. The SMILES string of the molecule is Cc1c(O)cccc1C(=O)NC(C)C1CCOC1. The van der Waals surface area contributed by atoms with Crippen LogP contribution in [-0.4, -0.2) is 30.3 Å². The zero-order valence-corrected chi connectivity index (χ0v) is 10.8. The quantitative estimate of drug-likeness (QED) is 0.859. The molecule has 0 aromatic heterocycles. The molecule has 1 amide bonds. The fourth-order valence-corrected chi connectivity index (χ4v) is 2.22. The van der Waals surface area contributed by atoms with Crippen LogP contribution in [-0.2, 0) is 4.74 Å². The summed E-state index contributed by atoms with van der Waals surface area (Å²) in [6.07, 6.45) is 0.987. The Hall–Kier alpha value is -1.55. The molecule has 1 aromatic carbocycles. The van der Waals surface area contributed by atoms with Gasteiger partial charge in [-0.2, -0.15) is 0 Å². The predicted octanol–water partition coefficient (Wildman–Crippen LogP) is 1.86. The molecule has 98 valence electrons. The molecule has 0 bridgehead atoms. The average Bonchev–Trinajstić information content (AvgIpc) is 2.86. The van der Waals surface area contributed by atoms with Gasteiger partial charge >= 0.3 is 0 Å². The van der Waals surface area contributed by atoms with Crippen LogP contribution in [0.25, 0.3) is 0 Å². The van der Waals surface area contributed by atoms with Crippen molar-refractivity contribution in [1.82, 2.24) is 5.32 Å². The number of amides is 1. The first-order valence-electron chi connectivity index (χ1n) is 6.26. The summed E-state index contributed by atoms with van der Waals surface area (Å²) >= 11 is 0. The molecule has 0 saturated carbocycles. The number of benzene rings is 1. The standard InChI is InChI=1S/C14H19NO3/c1-9-12(4-3-5-13(9)16)14(17)15-10(2)11-6-7-18-8-11/h3-5,10-11,16H,6-8H2,1-2H3,(H,15,17). The van der Waals surface area contributed by atoms with Gasteiger partial charge in [0.15, 0.2) is 0 Å². The number of nitrogens with one attached hydrogen (secondary N) is 1. The van der Waals surface area contributed by atoms with Crippen molar-refractivity contribution < 1.29 is 14.6 Å². The molecule has 1 aromatic rings. The Morgan fingerprint density at radius 2 is 2.33 bits per heavy atom. The van der Waals surface area contributed by atoms with E-state index in [9.17, 15) is 9.90 Å². The van der Waals surface area contributed by atoms with Gasteiger partial charge in [-0.05, 0) is 32.4 Å². The number of carbonyl (C=O) groups is 1. The molecule has 4 heteroatoms.